The smallest absolute Gasteiger partial charge is 0.416 e. The molecule has 0 atom stereocenters. The van der Waals surface area contributed by atoms with Gasteiger partial charge in [0.25, 0.3) is 0 Å². The van der Waals surface area contributed by atoms with Crippen LogP contribution < -0.4 is 14.2 Å². The molecule has 6 nitrogen and oxygen atoms in total. The monoisotopic (exact) mass is 462 g/mol. The van der Waals surface area contributed by atoms with E-state index in [0.29, 0.717) is 63.2 Å². The van der Waals surface area contributed by atoms with Gasteiger partial charge in [-0.2, -0.15) is 13.2 Å². The van der Waals surface area contributed by atoms with Gasteiger partial charge in [0.2, 0.25) is 11.7 Å². The summed E-state index contributed by atoms with van der Waals surface area (Å²) in [6.45, 7) is 3.87. The van der Waals surface area contributed by atoms with Gasteiger partial charge in [-0.3, -0.25) is 9.69 Å². The van der Waals surface area contributed by atoms with E-state index in [4.69, 9.17) is 14.2 Å². The van der Waals surface area contributed by atoms with Crippen molar-refractivity contribution in [2.24, 2.45) is 0 Å². The Kier molecular flexibility index (Phi) is 6.78. The Morgan fingerprint density at radius 1 is 1.06 bits per heavy atom. The number of rotatable bonds is 5. The molecule has 2 heterocycles. The van der Waals surface area contributed by atoms with E-state index in [1.165, 1.54) is 18.2 Å². The summed E-state index contributed by atoms with van der Waals surface area (Å²) in [5.41, 5.74) is 0.935. The quantitative estimate of drug-likeness (QED) is 0.632. The SMILES string of the molecule is COc1cc(C=CC(=O)N2CCN(Cc3ccc(C(F)(F)F)cc3)CC2)cc2c1OCCO2. The summed E-state index contributed by atoms with van der Waals surface area (Å²) in [6.07, 6.45) is -1.09. The molecule has 1 fully saturated rings. The Hall–Kier alpha value is -3.20. The summed E-state index contributed by atoms with van der Waals surface area (Å²) in [5.74, 6) is 1.61. The van der Waals surface area contributed by atoms with Crippen LogP contribution in [0.1, 0.15) is 16.7 Å². The van der Waals surface area contributed by atoms with E-state index in [-0.39, 0.29) is 5.91 Å². The van der Waals surface area contributed by atoms with E-state index in [0.717, 1.165) is 23.3 Å². The predicted molar refractivity (Wildman–Crippen MR) is 116 cm³/mol. The van der Waals surface area contributed by atoms with E-state index in [9.17, 15) is 18.0 Å². The number of carbonyl (C=O) groups is 1. The fourth-order valence-electron chi connectivity index (χ4n) is 3.85. The Morgan fingerprint density at radius 2 is 1.76 bits per heavy atom. The molecule has 176 valence electrons. The van der Waals surface area contributed by atoms with Crippen LogP contribution in [0.3, 0.4) is 0 Å². The zero-order chi connectivity index (χ0) is 23.4. The van der Waals surface area contributed by atoms with Gasteiger partial charge < -0.3 is 19.1 Å². The van der Waals surface area contributed by atoms with E-state index in [1.54, 1.807) is 24.2 Å². The van der Waals surface area contributed by atoms with Crippen LogP contribution in [0.5, 0.6) is 17.2 Å². The minimum Gasteiger partial charge on any atom is -0.493 e. The lowest BCUT2D eigenvalue weighted by Crippen LogP contribution is -2.47. The molecule has 0 spiro atoms. The lowest BCUT2D eigenvalue weighted by molar-refractivity contribution is -0.137. The fraction of sp³-hybridized carbons (Fsp3) is 0.375. The summed E-state index contributed by atoms with van der Waals surface area (Å²) in [4.78, 5) is 16.5. The van der Waals surface area contributed by atoms with Crippen LogP contribution in [0.25, 0.3) is 6.08 Å². The molecule has 0 aromatic heterocycles. The van der Waals surface area contributed by atoms with Gasteiger partial charge in [-0.25, -0.2) is 0 Å². The number of piperazine rings is 1. The highest BCUT2D eigenvalue weighted by atomic mass is 19.4. The molecule has 0 radical (unpaired) electrons. The molecular formula is C24H25F3N2O4. The fourth-order valence-corrected chi connectivity index (χ4v) is 3.85. The maximum atomic E-state index is 12.7. The predicted octanol–water partition coefficient (Wildman–Crippen LogP) is 3.84. The maximum Gasteiger partial charge on any atom is 0.416 e. The number of nitrogens with zero attached hydrogens (tertiary/aromatic N) is 2. The standard InChI is InChI=1S/C24H25F3N2O4/c1-31-20-14-18(15-21-23(20)33-13-12-32-21)4-7-22(30)29-10-8-28(9-11-29)16-17-2-5-19(6-3-17)24(25,26)27/h2-7,14-15H,8-13,16H2,1H3. The Morgan fingerprint density at radius 3 is 2.42 bits per heavy atom. The number of carbonyl (C=O) groups excluding carboxylic acids is 1. The van der Waals surface area contributed by atoms with Crippen molar-refractivity contribution in [1.29, 1.82) is 0 Å². The number of fused-ring (bicyclic) bond motifs is 1. The van der Waals surface area contributed by atoms with E-state index in [2.05, 4.69) is 4.90 Å². The van der Waals surface area contributed by atoms with E-state index < -0.39 is 11.7 Å². The van der Waals surface area contributed by atoms with Crippen molar-refractivity contribution < 1.29 is 32.2 Å². The van der Waals surface area contributed by atoms with Gasteiger partial charge in [0.1, 0.15) is 13.2 Å². The molecule has 1 saturated heterocycles. The summed E-state index contributed by atoms with van der Waals surface area (Å²) >= 11 is 0. The number of amides is 1. The molecule has 9 heteroatoms. The lowest BCUT2D eigenvalue weighted by Gasteiger charge is -2.34. The highest BCUT2D eigenvalue weighted by Gasteiger charge is 2.30. The largest absolute Gasteiger partial charge is 0.493 e. The molecule has 2 aromatic rings. The minimum absolute atomic E-state index is 0.0990. The van der Waals surface area contributed by atoms with Crippen LogP contribution in [-0.4, -0.2) is 62.2 Å². The number of alkyl halides is 3. The number of methoxy groups -OCH3 is 1. The molecular weight excluding hydrogens is 437 g/mol. The molecule has 1 amide bonds. The molecule has 0 unspecified atom stereocenters. The summed E-state index contributed by atoms with van der Waals surface area (Å²) in [6, 6.07) is 8.82. The molecule has 2 aliphatic rings. The zero-order valence-electron chi connectivity index (χ0n) is 18.2. The van der Waals surface area contributed by atoms with Crippen LogP contribution >= 0.6 is 0 Å². The van der Waals surface area contributed by atoms with Crippen LogP contribution in [-0.2, 0) is 17.5 Å². The molecule has 0 aliphatic carbocycles. The normalized spacial score (nSPS) is 16.8. The number of hydrogen-bond donors (Lipinski definition) is 0. The first-order valence-corrected chi connectivity index (χ1v) is 10.7. The second-order valence-corrected chi connectivity index (χ2v) is 7.88. The Labute approximate surface area is 190 Å². The number of hydrogen-bond acceptors (Lipinski definition) is 5. The molecule has 0 saturated carbocycles. The third kappa shape index (κ3) is 5.60. The van der Waals surface area contributed by atoms with Gasteiger partial charge in [-0.05, 0) is 41.5 Å². The Balaban J connectivity index is 1.31. The third-order valence-electron chi connectivity index (χ3n) is 5.64. The highest BCUT2D eigenvalue weighted by Crippen LogP contribution is 2.40. The minimum atomic E-state index is -4.33. The van der Waals surface area contributed by atoms with Gasteiger partial charge >= 0.3 is 6.18 Å². The first-order valence-electron chi connectivity index (χ1n) is 10.7. The van der Waals surface area contributed by atoms with E-state index in [1.807, 2.05) is 6.07 Å². The summed E-state index contributed by atoms with van der Waals surface area (Å²) < 4.78 is 54.7. The highest BCUT2D eigenvalue weighted by molar-refractivity contribution is 5.92. The third-order valence-corrected chi connectivity index (χ3v) is 5.64. The first-order chi connectivity index (χ1) is 15.8. The van der Waals surface area contributed by atoms with Crippen molar-refractivity contribution in [1.82, 2.24) is 9.80 Å². The number of ether oxygens (including phenoxy) is 3. The van der Waals surface area contributed by atoms with Crippen molar-refractivity contribution in [3.05, 3.63) is 59.2 Å². The van der Waals surface area contributed by atoms with Gasteiger partial charge in [-0.1, -0.05) is 12.1 Å². The van der Waals surface area contributed by atoms with Crippen LogP contribution in [0.4, 0.5) is 13.2 Å². The van der Waals surface area contributed by atoms with Crippen LogP contribution in [0.15, 0.2) is 42.5 Å². The zero-order valence-corrected chi connectivity index (χ0v) is 18.2. The molecule has 0 bridgehead atoms. The molecule has 2 aliphatic heterocycles. The molecule has 2 aromatic carbocycles. The average Bonchev–Trinajstić information content (AvgIpc) is 2.82. The van der Waals surface area contributed by atoms with Crippen molar-refractivity contribution in [2.75, 3.05) is 46.5 Å². The van der Waals surface area contributed by atoms with E-state index >= 15 is 0 Å². The van der Waals surface area contributed by atoms with Crippen LogP contribution in [0, 0.1) is 0 Å². The van der Waals surface area contributed by atoms with Crippen molar-refractivity contribution in [2.45, 2.75) is 12.7 Å². The van der Waals surface area contributed by atoms with Crippen molar-refractivity contribution in [3.8, 4) is 17.2 Å². The van der Waals surface area contributed by atoms with Gasteiger partial charge in [0.15, 0.2) is 11.5 Å². The average molecular weight is 462 g/mol. The second-order valence-electron chi connectivity index (χ2n) is 7.88. The van der Waals surface area contributed by atoms with Gasteiger partial charge in [-0.15, -0.1) is 0 Å². The summed E-state index contributed by atoms with van der Waals surface area (Å²) in [7, 11) is 1.55. The number of halogens is 3. The molecule has 0 N–H and O–H groups in total. The first kappa shape index (κ1) is 23.0. The topological polar surface area (TPSA) is 51.2 Å². The molecule has 33 heavy (non-hydrogen) atoms. The van der Waals surface area contributed by atoms with Crippen molar-refractivity contribution >= 4 is 12.0 Å². The summed E-state index contributed by atoms with van der Waals surface area (Å²) in [5, 5.41) is 0. The second kappa shape index (κ2) is 9.74. The molecule has 4 rings (SSSR count). The van der Waals surface area contributed by atoms with Gasteiger partial charge in [0, 0.05) is 38.8 Å². The number of benzene rings is 2. The van der Waals surface area contributed by atoms with Crippen molar-refractivity contribution in [3.63, 3.8) is 0 Å². The maximum absolute atomic E-state index is 12.7. The lowest BCUT2D eigenvalue weighted by atomic mass is 10.1. The van der Waals surface area contributed by atoms with Crippen LogP contribution in [0.2, 0.25) is 0 Å². The van der Waals surface area contributed by atoms with Gasteiger partial charge in [0.05, 0.1) is 12.7 Å². The Bertz CT molecular complexity index is 996.